The van der Waals surface area contributed by atoms with Gasteiger partial charge in [0.15, 0.2) is 5.82 Å². The molecule has 0 aliphatic rings. The molecule has 1 N–H and O–H groups in total. The van der Waals surface area contributed by atoms with Crippen LogP contribution in [0, 0.1) is 6.92 Å². The molecule has 4 nitrogen and oxygen atoms in total. The number of nitrogens with one attached hydrogen (secondary N) is 1. The van der Waals surface area contributed by atoms with Crippen LogP contribution in [-0.2, 0) is 0 Å². The molecule has 2 aromatic rings. The Balaban J connectivity index is 2.43. The zero-order valence-corrected chi connectivity index (χ0v) is 8.11. The van der Waals surface area contributed by atoms with Gasteiger partial charge in [-0.1, -0.05) is 0 Å². The number of ether oxygens (including phenoxy) is 1. The smallest absolute Gasteiger partial charge is 0.155 e. The molecule has 0 atom stereocenters. The molecule has 1 aromatic heterocycles. The molecule has 72 valence electrons. The predicted molar refractivity (Wildman–Crippen MR) is 53.1 cm³/mol. The van der Waals surface area contributed by atoms with Gasteiger partial charge in [-0.05, 0) is 30.7 Å². The molecule has 0 unspecified atom stereocenters. The van der Waals surface area contributed by atoms with Gasteiger partial charge in [0.1, 0.15) is 12.1 Å². The first-order chi connectivity index (χ1) is 6.81. The Kier molecular flexibility index (Phi) is 2.18. The van der Waals surface area contributed by atoms with Crippen LogP contribution in [0.4, 0.5) is 0 Å². The fraction of sp³-hybridized carbons (Fsp3) is 0.200. The molecule has 0 bridgehead atoms. The van der Waals surface area contributed by atoms with Crippen LogP contribution in [0.2, 0.25) is 0 Å². The number of hydrogen-bond acceptors (Lipinski definition) is 3. The molecular formula is C10H11N3O. The van der Waals surface area contributed by atoms with Crippen LogP contribution in [0.15, 0.2) is 24.5 Å². The van der Waals surface area contributed by atoms with Crippen LogP contribution in [-0.4, -0.2) is 22.3 Å². The van der Waals surface area contributed by atoms with Gasteiger partial charge in [0.2, 0.25) is 0 Å². The number of aromatic nitrogens is 3. The van der Waals surface area contributed by atoms with Crippen LogP contribution in [0.5, 0.6) is 5.75 Å². The highest BCUT2D eigenvalue weighted by molar-refractivity contribution is 5.57. The molecule has 0 aliphatic carbocycles. The minimum Gasteiger partial charge on any atom is -0.496 e. The van der Waals surface area contributed by atoms with E-state index in [-0.39, 0.29) is 0 Å². The van der Waals surface area contributed by atoms with Gasteiger partial charge in [-0.15, -0.1) is 0 Å². The van der Waals surface area contributed by atoms with Crippen LogP contribution in [0.1, 0.15) is 5.56 Å². The van der Waals surface area contributed by atoms with Gasteiger partial charge in [0, 0.05) is 5.56 Å². The molecule has 0 spiro atoms. The number of hydrogen-bond donors (Lipinski definition) is 1. The van der Waals surface area contributed by atoms with Gasteiger partial charge < -0.3 is 4.74 Å². The average molecular weight is 189 g/mol. The molecule has 0 fully saturated rings. The Hall–Kier alpha value is -1.84. The van der Waals surface area contributed by atoms with Crippen molar-refractivity contribution in [3.63, 3.8) is 0 Å². The Morgan fingerprint density at radius 1 is 1.36 bits per heavy atom. The number of benzene rings is 1. The molecule has 2 rings (SSSR count). The average Bonchev–Trinajstić information content (AvgIpc) is 2.70. The van der Waals surface area contributed by atoms with E-state index in [4.69, 9.17) is 4.74 Å². The topological polar surface area (TPSA) is 50.8 Å². The van der Waals surface area contributed by atoms with Gasteiger partial charge in [-0.25, -0.2) is 4.98 Å². The van der Waals surface area contributed by atoms with Crippen molar-refractivity contribution in [2.45, 2.75) is 6.92 Å². The number of H-pyrrole nitrogens is 1. The van der Waals surface area contributed by atoms with E-state index >= 15 is 0 Å². The molecule has 0 radical (unpaired) electrons. The lowest BCUT2D eigenvalue weighted by Gasteiger charge is -2.05. The summed E-state index contributed by atoms with van der Waals surface area (Å²) < 4.78 is 5.17. The van der Waals surface area contributed by atoms with Crippen molar-refractivity contribution in [1.29, 1.82) is 0 Å². The maximum atomic E-state index is 5.17. The monoisotopic (exact) mass is 189 g/mol. The number of methoxy groups -OCH3 is 1. The zero-order valence-electron chi connectivity index (χ0n) is 8.11. The SMILES string of the molecule is COc1ccc(-c2ncn[nH]2)cc1C. The van der Waals surface area contributed by atoms with E-state index in [1.54, 1.807) is 7.11 Å². The first-order valence-corrected chi connectivity index (χ1v) is 4.31. The van der Waals surface area contributed by atoms with Gasteiger partial charge in [0.25, 0.3) is 0 Å². The summed E-state index contributed by atoms with van der Waals surface area (Å²) in [6.07, 6.45) is 1.49. The van der Waals surface area contributed by atoms with Crippen molar-refractivity contribution in [2.75, 3.05) is 7.11 Å². The summed E-state index contributed by atoms with van der Waals surface area (Å²) in [5.41, 5.74) is 2.10. The minimum absolute atomic E-state index is 0.774. The third-order valence-electron chi connectivity index (χ3n) is 2.08. The fourth-order valence-corrected chi connectivity index (χ4v) is 1.37. The molecular weight excluding hydrogens is 178 g/mol. The summed E-state index contributed by atoms with van der Waals surface area (Å²) in [6.45, 7) is 2.00. The molecule has 14 heavy (non-hydrogen) atoms. The van der Waals surface area contributed by atoms with Gasteiger partial charge in [-0.2, -0.15) is 5.10 Å². The first-order valence-electron chi connectivity index (χ1n) is 4.31. The zero-order chi connectivity index (χ0) is 9.97. The molecule has 1 heterocycles. The van der Waals surface area contributed by atoms with Crippen molar-refractivity contribution < 1.29 is 4.74 Å². The van der Waals surface area contributed by atoms with Crippen LogP contribution >= 0.6 is 0 Å². The Bertz CT molecular complexity index is 423. The van der Waals surface area contributed by atoms with E-state index < -0.39 is 0 Å². The number of nitrogens with zero attached hydrogens (tertiary/aromatic N) is 2. The Morgan fingerprint density at radius 3 is 2.79 bits per heavy atom. The maximum absolute atomic E-state index is 5.17. The summed E-state index contributed by atoms with van der Waals surface area (Å²) in [5.74, 6) is 1.66. The maximum Gasteiger partial charge on any atom is 0.155 e. The fourth-order valence-electron chi connectivity index (χ4n) is 1.37. The second-order valence-corrected chi connectivity index (χ2v) is 3.02. The quantitative estimate of drug-likeness (QED) is 0.783. The number of aromatic amines is 1. The lowest BCUT2D eigenvalue weighted by atomic mass is 10.1. The highest BCUT2D eigenvalue weighted by Gasteiger charge is 2.03. The van der Waals surface area contributed by atoms with Gasteiger partial charge in [-0.3, -0.25) is 5.10 Å². The van der Waals surface area contributed by atoms with Gasteiger partial charge in [0.05, 0.1) is 7.11 Å². The van der Waals surface area contributed by atoms with E-state index in [0.717, 1.165) is 22.7 Å². The van der Waals surface area contributed by atoms with E-state index in [1.807, 2.05) is 25.1 Å². The van der Waals surface area contributed by atoms with E-state index in [1.165, 1.54) is 6.33 Å². The Morgan fingerprint density at radius 2 is 2.21 bits per heavy atom. The van der Waals surface area contributed by atoms with E-state index in [2.05, 4.69) is 15.2 Å². The Labute approximate surface area is 81.9 Å². The second-order valence-electron chi connectivity index (χ2n) is 3.02. The summed E-state index contributed by atoms with van der Waals surface area (Å²) in [6, 6.07) is 5.89. The van der Waals surface area contributed by atoms with Crippen molar-refractivity contribution >= 4 is 0 Å². The van der Waals surface area contributed by atoms with Crippen molar-refractivity contribution in [2.24, 2.45) is 0 Å². The molecule has 0 amide bonds. The number of rotatable bonds is 2. The lowest BCUT2D eigenvalue weighted by molar-refractivity contribution is 0.412. The summed E-state index contributed by atoms with van der Waals surface area (Å²) in [7, 11) is 1.66. The number of aryl methyl sites for hydroxylation is 1. The third-order valence-corrected chi connectivity index (χ3v) is 2.08. The molecule has 0 aliphatic heterocycles. The first kappa shape index (κ1) is 8.74. The molecule has 0 saturated heterocycles. The molecule has 0 saturated carbocycles. The van der Waals surface area contributed by atoms with Crippen molar-refractivity contribution in [3.8, 4) is 17.1 Å². The third kappa shape index (κ3) is 1.46. The van der Waals surface area contributed by atoms with Gasteiger partial charge >= 0.3 is 0 Å². The van der Waals surface area contributed by atoms with E-state index in [9.17, 15) is 0 Å². The lowest BCUT2D eigenvalue weighted by Crippen LogP contribution is -1.88. The normalized spacial score (nSPS) is 10.1. The van der Waals surface area contributed by atoms with Crippen LogP contribution < -0.4 is 4.74 Å². The largest absolute Gasteiger partial charge is 0.496 e. The van der Waals surface area contributed by atoms with Crippen molar-refractivity contribution in [1.82, 2.24) is 15.2 Å². The summed E-state index contributed by atoms with van der Waals surface area (Å²) >= 11 is 0. The van der Waals surface area contributed by atoms with Crippen LogP contribution in [0.3, 0.4) is 0 Å². The second kappa shape index (κ2) is 3.49. The van der Waals surface area contributed by atoms with Crippen LogP contribution in [0.25, 0.3) is 11.4 Å². The predicted octanol–water partition coefficient (Wildman–Crippen LogP) is 1.79. The van der Waals surface area contributed by atoms with Crippen molar-refractivity contribution in [3.05, 3.63) is 30.1 Å². The standard InChI is InChI=1S/C10H11N3O/c1-7-5-8(3-4-9(7)14-2)10-11-6-12-13-10/h3-6H,1-2H3,(H,11,12,13). The summed E-state index contributed by atoms with van der Waals surface area (Å²) in [4.78, 5) is 4.08. The highest BCUT2D eigenvalue weighted by Crippen LogP contribution is 2.23. The summed E-state index contributed by atoms with van der Waals surface area (Å²) in [5, 5.41) is 6.62. The van der Waals surface area contributed by atoms with E-state index in [0.29, 0.717) is 0 Å². The molecule has 4 heteroatoms. The highest BCUT2D eigenvalue weighted by atomic mass is 16.5. The molecule has 1 aromatic carbocycles. The minimum atomic E-state index is 0.774.